The molecule has 33 heavy (non-hydrogen) atoms. The zero-order valence-corrected chi connectivity index (χ0v) is 19.0. The predicted molar refractivity (Wildman–Crippen MR) is 131 cm³/mol. The summed E-state index contributed by atoms with van der Waals surface area (Å²) >= 11 is 12.9. The fourth-order valence-electron chi connectivity index (χ4n) is 4.51. The first-order chi connectivity index (χ1) is 16.0. The smallest absolute Gasteiger partial charge is 0.291 e. The van der Waals surface area contributed by atoms with E-state index in [0.717, 1.165) is 28.2 Å². The summed E-state index contributed by atoms with van der Waals surface area (Å²) in [5, 5.41) is 8.82. The zero-order valence-electron chi connectivity index (χ0n) is 17.5. The molecule has 0 radical (unpaired) electrons. The van der Waals surface area contributed by atoms with Gasteiger partial charge in [-0.25, -0.2) is 9.67 Å². The van der Waals surface area contributed by atoms with E-state index in [9.17, 15) is 4.79 Å². The van der Waals surface area contributed by atoms with Crippen molar-refractivity contribution in [1.82, 2.24) is 9.78 Å². The van der Waals surface area contributed by atoms with Crippen LogP contribution in [0.1, 0.15) is 22.9 Å². The van der Waals surface area contributed by atoms with E-state index < -0.39 is 6.04 Å². The largest absolute Gasteiger partial charge is 0.317 e. The summed E-state index contributed by atoms with van der Waals surface area (Å²) in [7, 11) is 0. The molecule has 3 heterocycles. The summed E-state index contributed by atoms with van der Waals surface area (Å²) in [6, 6.07) is 22.4. The molecule has 0 saturated carbocycles. The Kier molecular flexibility index (Phi) is 4.54. The van der Waals surface area contributed by atoms with Gasteiger partial charge in [-0.05, 0) is 48.9 Å². The third-order valence-electron chi connectivity index (χ3n) is 5.93. The molecular weight excluding hydrogens is 457 g/mol. The molecule has 0 fully saturated rings. The van der Waals surface area contributed by atoms with Gasteiger partial charge >= 0.3 is 0 Å². The number of aliphatic imine (C=N–C) groups is 1. The molecule has 2 aliphatic rings. The van der Waals surface area contributed by atoms with Gasteiger partial charge in [0, 0.05) is 15.6 Å². The van der Waals surface area contributed by atoms with Gasteiger partial charge in [0.15, 0.2) is 5.82 Å². The average molecular weight is 474 g/mol. The number of fused-ring (bicyclic) bond motifs is 4. The van der Waals surface area contributed by atoms with E-state index in [2.05, 4.69) is 5.32 Å². The number of aromatic nitrogens is 2. The molecule has 1 atom stereocenters. The van der Waals surface area contributed by atoms with Gasteiger partial charge in [-0.1, -0.05) is 59.6 Å². The molecular formula is C25H17Cl2N5O. The van der Waals surface area contributed by atoms with E-state index in [0.29, 0.717) is 21.6 Å². The summed E-state index contributed by atoms with van der Waals surface area (Å²) in [5.41, 5.74) is 4.91. The van der Waals surface area contributed by atoms with Gasteiger partial charge in [-0.2, -0.15) is 5.10 Å². The van der Waals surface area contributed by atoms with Crippen molar-refractivity contribution < 1.29 is 4.79 Å². The molecule has 1 N–H and O–H groups in total. The van der Waals surface area contributed by atoms with Crippen molar-refractivity contribution in [2.75, 3.05) is 10.2 Å². The van der Waals surface area contributed by atoms with Gasteiger partial charge in [-0.15, -0.1) is 0 Å². The normalized spacial score (nSPS) is 16.5. The number of amidine groups is 1. The maximum absolute atomic E-state index is 13.2. The Bertz CT molecular complexity index is 1460. The minimum Gasteiger partial charge on any atom is -0.317 e. The second kappa shape index (κ2) is 7.47. The van der Waals surface area contributed by atoms with Crippen LogP contribution >= 0.6 is 23.2 Å². The minimum absolute atomic E-state index is 0.284. The highest BCUT2D eigenvalue weighted by molar-refractivity contribution is 6.50. The van der Waals surface area contributed by atoms with Crippen molar-refractivity contribution in [2.24, 2.45) is 4.99 Å². The minimum atomic E-state index is -0.415. The quantitative estimate of drug-likeness (QED) is 0.383. The number of aryl methyl sites for hydroxylation is 1. The van der Waals surface area contributed by atoms with Crippen LogP contribution in [0.5, 0.6) is 0 Å². The molecule has 0 aliphatic carbocycles. The van der Waals surface area contributed by atoms with Crippen LogP contribution in [0.25, 0.3) is 5.69 Å². The van der Waals surface area contributed by atoms with Crippen molar-refractivity contribution >= 4 is 52.1 Å². The van der Waals surface area contributed by atoms with E-state index in [1.165, 1.54) is 0 Å². The first-order valence-corrected chi connectivity index (χ1v) is 11.2. The van der Waals surface area contributed by atoms with E-state index in [4.69, 9.17) is 33.3 Å². The second-order valence-corrected chi connectivity index (χ2v) is 8.76. The number of carbonyl (C=O) groups excluding carboxylic acids is 1. The number of anilines is 2. The van der Waals surface area contributed by atoms with Crippen LogP contribution in [0.4, 0.5) is 17.2 Å². The van der Waals surface area contributed by atoms with Gasteiger partial charge in [0.2, 0.25) is 5.84 Å². The van der Waals surface area contributed by atoms with Gasteiger partial charge < -0.3 is 10.2 Å². The lowest BCUT2D eigenvalue weighted by atomic mass is 9.93. The molecule has 4 aromatic rings. The maximum Gasteiger partial charge on any atom is 0.291 e. The third kappa shape index (κ3) is 3.06. The summed E-state index contributed by atoms with van der Waals surface area (Å²) < 4.78 is 1.78. The lowest BCUT2D eigenvalue weighted by Crippen LogP contribution is -2.48. The average Bonchev–Trinajstić information content (AvgIpc) is 3.15. The van der Waals surface area contributed by atoms with E-state index in [1.54, 1.807) is 16.8 Å². The van der Waals surface area contributed by atoms with Gasteiger partial charge in [0.1, 0.15) is 0 Å². The molecule has 0 saturated heterocycles. The Labute approximate surface area is 200 Å². The maximum atomic E-state index is 13.2. The van der Waals surface area contributed by atoms with Crippen molar-refractivity contribution in [3.63, 3.8) is 0 Å². The molecule has 1 aromatic heterocycles. The number of para-hydroxylation sites is 3. The Morgan fingerprint density at radius 1 is 0.970 bits per heavy atom. The lowest BCUT2D eigenvalue weighted by Gasteiger charge is -2.40. The first-order valence-electron chi connectivity index (χ1n) is 10.4. The van der Waals surface area contributed by atoms with Crippen molar-refractivity contribution in [2.45, 2.75) is 13.0 Å². The summed E-state index contributed by atoms with van der Waals surface area (Å²) in [4.78, 5) is 20.0. The molecule has 1 amide bonds. The number of amides is 1. The molecule has 3 aromatic carbocycles. The highest BCUT2D eigenvalue weighted by atomic mass is 35.5. The molecule has 8 heteroatoms. The number of carbonyl (C=O) groups is 1. The van der Waals surface area contributed by atoms with E-state index in [1.807, 2.05) is 72.5 Å². The first kappa shape index (κ1) is 20.0. The molecule has 162 valence electrons. The monoisotopic (exact) mass is 473 g/mol. The summed E-state index contributed by atoms with van der Waals surface area (Å²) in [6.45, 7) is 1.95. The zero-order chi connectivity index (χ0) is 22.7. The highest BCUT2D eigenvalue weighted by Gasteiger charge is 2.43. The number of hydrogen-bond acceptors (Lipinski definition) is 4. The van der Waals surface area contributed by atoms with Crippen LogP contribution in [0.15, 0.2) is 77.8 Å². The predicted octanol–water partition coefficient (Wildman–Crippen LogP) is 6.08. The topological polar surface area (TPSA) is 62.5 Å². The fraction of sp³-hybridized carbons (Fsp3) is 0.0800. The molecule has 1 unspecified atom stereocenters. The van der Waals surface area contributed by atoms with Crippen molar-refractivity contribution in [3.05, 3.63) is 99.7 Å². The fourth-order valence-corrected chi connectivity index (χ4v) is 5.02. The molecule has 6 nitrogen and oxygen atoms in total. The number of nitrogens with one attached hydrogen (secondary N) is 1. The van der Waals surface area contributed by atoms with Crippen LogP contribution in [-0.4, -0.2) is 21.5 Å². The Morgan fingerprint density at radius 3 is 2.52 bits per heavy atom. The molecule has 0 spiro atoms. The van der Waals surface area contributed by atoms with Crippen molar-refractivity contribution in [3.8, 4) is 5.69 Å². The summed E-state index contributed by atoms with van der Waals surface area (Å²) in [6.07, 6.45) is 0. The molecule has 6 rings (SSSR count). The number of benzene rings is 3. The van der Waals surface area contributed by atoms with Crippen LogP contribution in [0.3, 0.4) is 0 Å². The Balaban J connectivity index is 1.68. The van der Waals surface area contributed by atoms with Gasteiger partial charge in [0.25, 0.3) is 5.91 Å². The third-order valence-corrected chi connectivity index (χ3v) is 6.49. The van der Waals surface area contributed by atoms with Crippen LogP contribution in [-0.2, 0) is 4.79 Å². The summed E-state index contributed by atoms with van der Waals surface area (Å²) in [5.74, 6) is 0.609. The number of halogens is 2. The van der Waals surface area contributed by atoms with Crippen LogP contribution < -0.4 is 10.2 Å². The number of rotatable bonds is 2. The molecule has 0 bridgehead atoms. The van der Waals surface area contributed by atoms with E-state index >= 15 is 0 Å². The van der Waals surface area contributed by atoms with Crippen LogP contribution in [0, 0.1) is 6.92 Å². The second-order valence-electron chi connectivity index (χ2n) is 7.92. The SMILES string of the molecule is Cc1nn(-c2ccccc2)c2c1C(c1ccc(Cl)cc1Cl)N1C(=N2)C(=O)Nc2ccccc21. The van der Waals surface area contributed by atoms with Crippen molar-refractivity contribution in [1.29, 1.82) is 0 Å². The Hall–Kier alpha value is -3.61. The standard InChI is InChI=1S/C25H17Cl2N5O/c1-14-21-22(17-12-11-15(26)13-18(17)27)31-20-10-6-5-9-19(20)28-25(33)24(31)29-23(21)32(30-14)16-7-3-2-4-8-16/h2-13,22H,1H3,(H,28,33). The Morgan fingerprint density at radius 2 is 1.73 bits per heavy atom. The number of nitrogens with zero attached hydrogens (tertiary/aromatic N) is 4. The lowest BCUT2D eigenvalue weighted by molar-refractivity contribution is -0.110. The molecule has 2 aliphatic heterocycles. The van der Waals surface area contributed by atoms with Gasteiger partial charge in [-0.3, -0.25) is 4.79 Å². The van der Waals surface area contributed by atoms with E-state index in [-0.39, 0.29) is 11.7 Å². The van der Waals surface area contributed by atoms with Crippen LogP contribution in [0.2, 0.25) is 10.0 Å². The van der Waals surface area contributed by atoms with Gasteiger partial charge in [0.05, 0.1) is 28.8 Å². The highest BCUT2D eigenvalue weighted by Crippen LogP contribution is 2.48. The number of hydrogen-bond donors (Lipinski definition) is 1.